The molecule has 4 nitrogen and oxygen atoms in total. The summed E-state index contributed by atoms with van der Waals surface area (Å²) in [7, 11) is 1.72. The van der Waals surface area contributed by atoms with Gasteiger partial charge in [-0.25, -0.2) is 4.68 Å². The summed E-state index contributed by atoms with van der Waals surface area (Å²) in [6, 6.07) is 0.477. The van der Waals surface area contributed by atoms with Crippen molar-refractivity contribution in [1.29, 1.82) is 0 Å². The first-order valence-electron chi connectivity index (χ1n) is 7.35. The van der Waals surface area contributed by atoms with E-state index >= 15 is 0 Å². The molecule has 0 spiro atoms. The SMILES string of the molecule is COc1c(CN)c(C(C)(C)C)nn1C1CCCCC1. The summed E-state index contributed by atoms with van der Waals surface area (Å²) in [4.78, 5) is 0. The van der Waals surface area contributed by atoms with Crippen LogP contribution in [-0.4, -0.2) is 16.9 Å². The first-order chi connectivity index (χ1) is 8.99. The molecule has 0 amide bonds. The number of hydrogen-bond donors (Lipinski definition) is 1. The quantitative estimate of drug-likeness (QED) is 0.913. The smallest absolute Gasteiger partial charge is 0.216 e. The summed E-state index contributed by atoms with van der Waals surface area (Å²) in [5.41, 5.74) is 8.09. The molecule has 0 bridgehead atoms. The van der Waals surface area contributed by atoms with Crippen LogP contribution in [0.3, 0.4) is 0 Å². The van der Waals surface area contributed by atoms with Crippen LogP contribution in [0.15, 0.2) is 0 Å². The second-order valence-electron chi connectivity index (χ2n) is 6.53. The Balaban J connectivity index is 2.45. The number of aromatic nitrogens is 2. The van der Waals surface area contributed by atoms with Crippen molar-refractivity contribution in [2.75, 3.05) is 7.11 Å². The molecule has 0 aromatic carbocycles. The van der Waals surface area contributed by atoms with Gasteiger partial charge in [-0.1, -0.05) is 40.0 Å². The minimum atomic E-state index is 0.00189. The van der Waals surface area contributed by atoms with Crippen LogP contribution in [0, 0.1) is 0 Å². The first-order valence-corrected chi connectivity index (χ1v) is 7.35. The van der Waals surface area contributed by atoms with Gasteiger partial charge in [0.15, 0.2) is 0 Å². The van der Waals surface area contributed by atoms with Crippen molar-refractivity contribution >= 4 is 0 Å². The Labute approximate surface area is 116 Å². The second-order valence-corrected chi connectivity index (χ2v) is 6.53. The van der Waals surface area contributed by atoms with E-state index in [1.54, 1.807) is 7.11 Å². The number of rotatable bonds is 3. The van der Waals surface area contributed by atoms with Gasteiger partial charge in [-0.2, -0.15) is 5.10 Å². The highest BCUT2D eigenvalue weighted by Crippen LogP contribution is 2.37. The molecule has 1 fully saturated rings. The lowest BCUT2D eigenvalue weighted by atomic mass is 9.89. The Bertz CT molecular complexity index is 425. The van der Waals surface area contributed by atoms with Crippen molar-refractivity contribution in [2.45, 2.75) is 70.9 Å². The molecule has 1 aromatic rings. The van der Waals surface area contributed by atoms with E-state index in [1.807, 2.05) is 0 Å². The maximum atomic E-state index is 5.93. The molecule has 0 saturated heterocycles. The minimum absolute atomic E-state index is 0.00189. The third-order valence-electron chi connectivity index (χ3n) is 3.99. The summed E-state index contributed by atoms with van der Waals surface area (Å²) in [5, 5.41) is 4.86. The standard InChI is InChI=1S/C15H27N3O/c1-15(2,3)13-12(10-16)14(19-4)18(17-13)11-8-6-5-7-9-11/h11H,5-10,16H2,1-4H3. The predicted octanol–water partition coefficient (Wildman–Crippen LogP) is 3.15. The van der Waals surface area contributed by atoms with Crippen LogP contribution in [0.1, 0.15) is 70.2 Å². The van der Waals surface area contributed by atoms with Crippen molar-refractivity contribution in [1.82, 2.24) is 9.78 Å². The summed E-state index contributed by atoms with van der Waals surface area (Å²) in [5.74, 6) is 0.874. The largest absolute Gasteiger partial charge is 0.481 e. The van der Waals surface area contributed by atoms with E-state index in [0.717, 1.165) is 17.1 Å². The number of nitrogens with two attached hydrogens (primary N) is 1. The Morgan fingerprint density at radius 1 is 1.26 bits per heavy atom. The van der Waals surface area contributed by atoms with Gasteiger partial charge in [0.05, 0.1) is 24.4 Å². The average Bonchev–Trinajstić information content (AvgIpc) is 2.78. The lowest BCUT2D eigenvalue weighted by molar-refractivity contribution is 0.278. The van der Waals surface area contributed by atoms with Gasteiger partial charge in [-0.15, -0.1) is 0 Å². The van der Waals surface area contributed by atoms with Gasteiger partial charge < -0.3 is 10.5 Å². The van der Waals surface area contributed by atoms with Crippen molar-refractivity contribution < 1.29 is 4.74 Å². The molecule has 4 heteroatoms. The summed E-state index contributed by atoms with van der Waals surface area (Å²) >= 11 is 0. The number of nitrogens with zero attached hydrogens (tertiary/aromatic N) is 2. The lowest BCUT2D eigenvalue weighted by Gasteiger charge is -2.23. The fraction of sp³-hybridized carbons (Fsp3) is 0.800. The van der Waals surface area contributed by atoms with E-state index in [-0.39, 0.29) is 5.41 Å². The third kappa shape index (κ3) is 2.78. The molecule has 19 heavy (non-hydrogen) atoms. The van der Waals surface area contributed by atoms with Crippen LogP contribution in [0.5, 0.6) is 5.88 Å². The fourth-order valence-corrected chi connectivity index (χ4v) is 3.03. The van der Waals surface area contributed by atoms with Crippen LogP contribution in [-0.2, 0) is 12.0 Å². The van der Waals surface area contributed by atoms with Crippen LogP contribution < -0.4 is 10.5 Å². The van der Waals surface area contributed by atoms with Gasteiger partial charge in [0.1, 0.15) is 0 Å². The van der Waals surface area contributed by atoms with Gasteiger partial charge in [-0.3, -0.25) is 0 Å². The van der Waals surface area contributed by atoms with Crippen molar-refractivity contribution in [2.24, 2.45) is 5.73 Å². The zero-order chi connectivity index (χ0) is 14.0. The molecule has 1 aliphatic rings. The summed E-state index contributed by atoms with van der Waals surface area (Å²) < 4.78 is 7.72. The van der Waals surface area contributed by atoms with Crippen molar-refractivity contribution in [3.8, 4) is 5.88 Å². The van der Waals surface area contributed by atoms with Crippen LogP contribution in [0.4, 0.5) is 0 Å². The highest BCUT2D eigenvalue weighted by molar-refractivity contribution is 5.36. The molecule has 2 N–H and O–H groups in total. The first kappa shape index (κ1) is 14.4. The minimum Gasteiger partial charge on any atom is -0.481 e. The molecule has 1 aromatic heterocycles. The van der Waals surface area contributed by atoms with Gasteiger partial charge in [0, 0.05) is 12.0 Å². The van der Waals surface area contributed by atoms with Crippen LogP contribution in [0.2, 0.25) is 0 Å². The van der Waals surface area contributed by atoms with E-state index in [2.05, 4.69) is 25.5 Å². The van der Waals surface area contributed by atoms with Crippen LogP contribution >= 0.6 is 0 Å². The molecular formula is C15H27N3O. The second kappa shape index (κ2) is 5.53. The van der Waals surface area contributed by atoms with Crippen molar-refractivity contribution in [3.63, 3.8) is 0 Å². The fourth-order valence-electron chi connectivity index (χ4n) is 3.03. The Morgan fingerprint density at radius 3 is 2.37 bits per heavy atom. The van der Waals surface area contributed by atoms with E-state index in [4.69, 9.17) is 15.6 Å². The zero-order valence-electron chi connectivity index (χ0n) is 12.7. The molecule has 1 heterocycles. The molecule has 0 atom stereocenters. The highest BCUT2D eigenvalue weighted by Gasteiger charge is 2.29. The van der Waals surface area contributed by atoms with Gasteiger partial charge in [0.2, 0.25) is 5.88 Å². The Hall–Kier alpha value is -1.03. The van der Waals surface area contributed by atoms with E-state index in [1.165, 1.54) is 32.1 Å². The van der Waals surface area contributed by atoms with Gasteiger partial charge in [-0.05, 0) is 12.8 Å². The predicted molar refractivity (Wildman–Crippen MR) is 77.5 cm³/mol. The molecule has 1 aliphatic carbocycles. The van der Waals surface area contributed by atoms with E-state index < -0.39 is 0 Å². The number of ether oxygens (including phenoxy) is 1. The van der Waals surface area contributed by atoms with Crippen molar-refractivity contribution in [3.05, 3.63) is 11.3 Å². The number of hydrogen-bond acceptors (Lipinski definition) is 3. The normalized spacial score (nSPS) is 17.7. The zero-order valence-corrected chi connectivity index (χ0v) is 12.7. The Kier molecular flexibility index (Phi) is 4.19. The van der Waals surface area contributed by atoms with E-state index in [9.17, 15) is 0 Å². The molecular weight excluding hydrogens is 238 g/mol. The van der Waals surface area contributed by atoms with Gasteiger partial charge in [0.25, 0.3) is 0 Å². The third-order valence-corrected chi connectivity index (χ3v) is 3.99. The molecule has 1 saturated carbocycles. The molecule has 0 aliphatic heterocycles. The average molecular weight is 265 g/mol. The monoisotopic (exact) mass is 265 g/mol. The molecule has 108 valence electrons. The topological polar surface area (TPSA) is 53.1 Å². The summed E-state index contributed by atoms with van der Waals surface area (Å²) in [6.07, 6.45) is 6.32. The highest BCUT2D eigenvalue weighted by atomic mass is 16.5. The van der Waals surface area contributed by atoms with E-state index in [0.29, 0.717) is 12.6 Å². The Morgan fingerprint density at radius 2 is 1.89 bits per heavy atom. The maximum absolute atomic E-state index is 5.93. The van der Waals surface area contributed by atoms with Gasteiger partial charge >= 0.3 is 0 Å². The molecule has 0 radical (unpaired) electrons. The number of methoxy groups -OCH3 is 1. The lowest BCUT2D eigenvalue weighted by Crippen LogP contribution is -2.18. The maximum Gasteiger partial charge on any atom is 0.216 e. The molecule has 0 unspecified atom stereocenters. The summed E-state index contributed by atoms with van der Waals surface area (Å²) in [6.45, 7) is 7.03. The molecule has 2 rings (SSSR count). The van der Waals surface area contributed by atoms with Crippen LogP contribution in [0.25, 0.3) is 0 Å².